The molecule has 0 aromatic rings. The van der Waals surface area contributed by atoms with Crippen molar-refractivity contribution in [3.05, 3.63) is 0 Å². The monoisotopic (exact) mass is 322 g/mol. The van der Waals surface area contributed by atoms with E-state index in [1.807, 2.05) is 0 Å². The molecule has 0 amide bonds. The van der Waals surface area contributed by atoms with E-state index in [4.69, 9.17) is 4.74 Å². The highest BCUT2D eigenvalue weighted by Gasteiger charge is 2.35. The lowest BCUT2D eigenvalue weighted by Gasteiger charge is -2.41. The van der Waals surface area contributed by atoms with Gasteiger partial charge in [0.2, 0.25) is 0 Å². The third kappa shape index (κ3) is 6.07. The Morgan fingerprint density at radius 1 is 0.783 bits per heavy atom. The molecule has 2 fully saturated rings. The smallest absolute Gasteiger partial charge is 0.0603 e. The van der Waals surface area contributed by atoms with Crippen molar-refractivity contribution >= 4 is 0 Å². The van der Waals surface area contributed by atoms with Crippen LogP contribution in [-0.4, -0.2) is 12.7 Å². The highest BCUT2D eigenvalue weighted by Crippen LogP contribution is 2.43. The first-order valence-corrected chi connectivity index (χ1v) is 10.9. The topological polar surface area (TPSA) is 9.23 Å². The molecule has 0 aromatic carbocycles. The van der Waals surface area contributed by atoms with E-state index in [1.165, 1.54) is 83.5 Å². The van der Waals surface area contributed by atoms with Crippen LogP contribution in [0.3, 0.4) is 0 Å². The molecule has 0 saturated heterocycles. The number of unbranched alkanes of at least 4 members (excludes halogenated alkanes) is 2. The standard InChI is InChI=1S/C22H42O/c1-4-7-8-9-18-10-12-20(13-11-18)21-14-15-22(23-16-5-2)19(6-3)17-21/h18-22H,4-17H2,1-3H3/t18-,19?,20-,21?,22?. The van der Waals surface area contributed by atoms with Gasteiger partial charge in [0.05, 0.1) is 6.10 Å². The summed E-state index contributed by atoms with van der Waals surface area (Å²) in [5, 5.41) is 0. The van der Waals surface area contributed by atoms with Gasteiger partial charge in [0, 0.05) is 6.61 Å². The molecule has 2 saturated carbocycles. The average Bonchev–Trinajstić information content (AvgIpc) is 2.60. The van der Waals surface area contributed by atoms with E-state index in [2.05, 4.69) is 20.8 Å². The van der Waals surface area contributed by atoms with Crippen molar-refractivity contribution in [2.75, 3.05) is 6.61 Å². The molecule has 0 aliphatic heterocycles. The normalized spacial score (nSPS) is 35.3. The summed E-state index contributed by atoms with van der Waals surface area (Å²) in [7, 11) is 0. The fourth-order valence-corrected chi connectivity index (χ4v) is 5.25. The summed E-state index contributed by atoms with van der Waals surface area (Å²) >= 11 is 0. The number of hydrogen-bond donors (Lipinski definition) is 0. The maximum atomic E-state index is 6.14. The van der Waals surface area contributed by atoms with Crippen molar-refractivity contribution in [3.63, 3.8) is 0 Å². The minimum atomic E-state index is 0.571. The summed E-state index contributed by atoms with van der Waals surface area (Å²) in [4.78, 5) is 0. The SMILES string of the molecule is CCCCC[C@H]1CC[C@H](C2CCC(OCCC)C(CC)C2)CC1. The average molecular weight is 323 g/mol. The third-order valence-electron chi connectivity index (χ3n) is 6.79. The summed E-state index contributed by atoms with van der Waals surface area (Å²) in [6.07, 6.45) is 19.2. The van der Waals surface area contributed by atoms with Crippen LogP contribution >= 0.6 is 0 Å². The number of ether oxygens (including phenoxy) is 1. The quantitative estimate of drug-likeness (QED) is 0.415. The van der Waals surface area contributed by atoms with E-state index in [9.17, 15) is 0 Å². The van der Waals surface area contributed by atoms with Crippen LogP contribution in [-0.2, 0) is 4.74 Å². The summed E-state index contributed by atoms with van der Waals surface area (Å²) in [6.45, 7) is 7.89. The van der Waals surface area contributed by atoms with E-state index < -0.39 is 0 Å². The van der Waals surface area contributed by atoms with Crippen molar-refractivity contribution in [1.29, 1.82) is 0 Å². The maximum Gasteiger partial charge on any atom is 0.0603 e. The molecule has 136 valence electrons. The summed E-state index contributed by atoms with van der Waals surface area (Å²) in [5.41, 5.74) is 0. The molecule has 2 aliphatic carbocycles. The van der Waals surface area contributed by atoms with Crippen molar-refractivity contribution < 1.29 is 4.74 Å². The zero-order chi connectivity index (χ0) is 16.5. The Bertz CT molecular complexity index is 292. The molecule has 3 atom stereocenters. The Kier molecular flexibility index (Phi) is 9.01. The molecule has 1 nitrogen and oxygen atoms in total. The zero-order valence-corrected chi connectivity index (χ0v) is 16.2. The van der Waals surface area contributed by atoms with Crippen molar-refractivity contribution in [3.8, 4) is 0 Å². The first-order valence-electron chi connectivity index (χ1n) is 10.9. The molecule has 0 bridgehead atoms. The largest absolute Gasteiger partial charge is 0.378 e. The Labute approximate surface area is 146 Å². The van der Waals surface area contributed by atoms with Crippen LogP contribution in [0.2, 0.25) is 0 Å². The van der Waals surface area contributed by atoms with Crippen LogP contribution < -0.4 is 0 Å². The summed E-state index contributed by atoms with van der Waals surface area (Å²) in [5.74, 6) is 3.95. The van der Waals surface area contributed by atoms with Gasteiger partial charge < -0.3 is 4.74 Å². The van der Waals surface area contributed by atoms with Gasteiger partial charge >= 0.3 is 0 Å². The predicted molar refractivity (Wildman–Crippen MR) is 101 cm³/mol. The van der Waals surface area contributed by atoms with Gasteiger partial charge in [-0.2, -0.15) is 0 Å². The van der Waals surface area contributed by atoms with Crippen LogP contribution in [0, 0.1) is 23.7 Å². The Balaban J connectivity index is 1.72. The minimum absolute atomic E-state index is 0.571. The molecule has 2 rings (SSSR count). The van der Waals surface area contributed by atoms with Crippen LogP contribution in [0.5, 0.6) is 0 Å². The van der Waals surface area contributed by atoms with Gasteiger partial charge in [0.15, 0.2) is 0 Å². The third-order valence-corrected chi connectivity index (χ3v) is 6.79. The van der Waals surface area contributed by atoms with Crippen LogP contribution in [0.4, 0.5) is 0 Å². The molecule has 0 spiro atoms. The second kappa shape index (κ2) is 10.7. The van der Waals surface area contributed by atoms with Crippen molar-refractivity contribution in [2.45, 2.75) is 110 Å². The van der Waals surface area contributed by atoms with E-state index in [0.717, 1.165) is 30.3 Å². The molecule has 23 heavy (non-hydrogen) atoms. The van der Waals surface area contributed by atoms with Gasteiger partial charge in [0.25, 0.3) is 0 Å². The highest BCUT2D eigenvalue weighted by molar-refractivity contribution is 4.86. The molecular formula is C22H42O. The van der Waals surface area contributed by atoms with Crippen LogP contribution in [0.25, 0.3) is 0 Å². The van der Waals surface area contributed by atoms with Gasteiger partial charge in [-0.3, -0.25) is 0 Å². The molecule has 0 heterocycles. The van der Waals surface area contributed by atoms with Gasteiger partial charge in [-0.05, 0) is 62.2 Å². The maximum absolute atomic E-state index is 6.14. The van der Waals surface area contributed by atoms with E-state index in [0.29, 0.717) is 6.10 Å². The molecular weight excluding hydrogens is 280 g/mol. The lowest BCUT2D eigenvalue weighted by Crippen LogP contribution is -2.35. The molecule has 0 N–H and O–H groups in total. The Hall–Kier alpha value is -0.0400. The molecule has 2 aliphatic rings. The fraction of sp³-hybridized carbons (Fsp3) is 1.00. The first kappa shape index (κ1) is 19.3. The lowest BCUT2D eigenvalue weighted by molar-refractivity contribution is -0.0345. The van der Waals surface area contributed by atoms with E-state index in [-0.39, 0.29) is 0 Å². The molecule has 3 unspecified atom stereocenters. The van der Waals surface area contributed by atoms with E-state index >= 15 is 0 Å². The predicted octanol–water partition coefficient (Wildman–Crippen LogP) is 6.99. The van der Waals surface area contributed by atoms with Crippen molar-refractivity contribution in [2.24, 2.45) is 23.7 Å². The lowest BCUT2D eigenvalue weighted by atomic mass is 9.67. The first-order chi connectivity index (χ1) is 11.3. The van der Waals surface area contributed by atoms with Gasteiger partial charge in [-0.1, -0.05) is 65.7 Å². The van der Waals surface area contributed by atoms with Crippen LogP contribution in [0.1, 0.15) is 104 Å². The van der Waals surface area contributed by atoms with Crippen LogP contribution in [0.15, 0.2) is 0 Å². The summed E-state index contributed by atoms with van der Waals surface area (Å²) < 4.78 is 6.14. The second-order valence-electron chi connectivity index (χ2n) is 8.43. The van der Waals surface area contributed by atoms with Gasteiger partial charge in [-0.15, -0.1) is 0 Å². The highest BCUT2D eigenvalue weighted by atomic mass is 16.5. The van der Waals surface area contributed by atoms with E-state index in [1.54, 1.807) is 0 Å². The molecule has 1 heteroatoms. The van der Waals surface area contributed by atoms with Gasteiger partial charge in [-0.25, -0.2) is 0 Å². The minimum Gasteiger partial charge on any atom is -0.378 e. The fourth-order valence-electron chi connectivity index (χ4n) is 5.25. The number of rotatable bonds is 9. The molecule has 0 radical (unpaired) electrons. The zero-order valence-electron chi connectivity index (χ0n) is 16.2. The summed E-state index contributed by atoms with van der Waals surface area (Å²) in [6, 6.07) is 0. The van der Waals surface area contributed by atoms with Gasteiger partial charge in [0.1, 0.15) is 0 Å². The molecule has 0 aromatic heterocycles. The number of hydrogen-bond acceptors (Lipinski definition) is 1. The Morgan fingerprint density at radius 2 is 1.52 bits per heavy atom. The second-order valence-corrected chi connectivity index (χ2v) is 8.43. The Morgan fingerprint density at radius 3 is 2.17 bits per heavy atom. The van der Waals surface area contributed by atoms with Crippen molar-refractivity contribution in [1.82, 2.24) is 0 Å².